The van der Waals surface area contributed by atoms with Crippen molar-refractivity contribution in [2.45, 2.75) is 13.5 Å². The maximum absolute atomic E-state index is 10.7. The number of hydrogen-bond acceptors (Lipinski definition) is 4. The Hall–Kier alpha value is -2.43. The molecule has 0 atom stereocenters. The molecule has 5 heteroatoms. The highest BCUT2D eigenvalue weighted by molar-refractivity contribution is 5.87. The lowest BCUT2D eigenvalue weighted by Crippen LogP contribution is -2.03. The van der Waals surface area contributed by atoms with Gasteiger partial charge in [-0.1, -0.05) is 0 Å². The van der Waals surface area contributed by atoms with Gasteiger partial charge in [0.15, 0.2) is 0 Å². The largest absolute Gasteiger partial charge is 0.478 e. The van der Waals surface area contributed by atoms with Gasteiger partial charge in [0.2, 0.25) is 0 Å². The van der Waals surface area contributed by atoms with Gasteiger partial charge in [-0.05, 0) is 37.3 Å². The molecule has 0 aliphatic carbocycles. The van der Waals surface area contributed by atoms with Crippen LogP contribution < -0.4 is 5.32 Å². The number of carboxylic acid groups (broad SMARTS) is 1. The Morgan fingerprint density at radius 3 is 2.61 bits per heavy atom. The van der Waals surface area contributed by atoms with Crippen molar-refractivity contribution >= 4 is 11.7 Å². The summed E-state index contributed by atoms with van der Waals surface area (Å²) in [6.07, 6.45) is 1.72. The van der Waals surface area contributed by atoms with Gasteiger partial charge in [0.1, 0.15) is 5.82 Å². The minimum absolute atomic E-state index is 0.276. The van der Waals surface area contributed by atoms with Gasteiger partial charge in [0.25, 0.3) is 0 Å². The van der Waals surface area contributed by atoms with Crippen molar-refractivity contribution in [3.63, 3.8) is 0 Å². The molecular formula is C13H13N3O2. The first-order valence-electron chi connectivity index (χ1n) is 5.51. The van der Waals surface area contributed by atoms with Crippen molar-refractivity contribution in [1.29, 1.82) is 0 Å². The number of rotatable bonds is 4. The predicted molar refractivity (Wildman–Crippen MR) is 67.5 cm³/mol. The van der Waals surface area contributed by atoms with Gasteiger partial charge in [-0.3, -0.25) is 0 Å². The molecule has 0 saturated carbocycles. The Bertz CT molecular complexity index is 552. The number of hydrogen-bond donors (Lipinski definition) is 2. The van der Waals surface area contributed by atoms with Crippen LogP contribution in [0.2, 0.25) is 0 Å². The van der Waals surface area contributed by atoms with Gasteiger partial charge in [0, 0.05) is 11.9 Å². The Morgan fingerprint density at radius 2 is 2.00 bits per heavy atom. The molecule has 0 saturated heterocycles. The fourth-order valence-electron chi connectivity index (χ4n) is 1.53. The SMILES string of the molecule is Cc1nccc(CNc2ccc(C(=O)O)cc2)n1. The molecule has 0 amide bonds. The van der Waals surface area contributed by atoms with Crippen molar-refractivity contribution in [3.8, 4) is 0 Å². The third-order valence-corrected chi connectivity index (χ3v) is 2.44. The van der Waals surface area contributed by atoms with Gasteiger partial charge < -0.3 is 10.4 Å². The molecule has 0 fully saturated rings. The average Bonchev–Trinajstić information content (AvgIpc) is 2.37. The van der Waals surface area contributed by atoms with E-state index in [0.29, 0.717) is 6.54 Å². The van der Waals surface area contributed by atoms with Crippen molar-refractivity contribution < 1.29 is 9.90 Å². The predicted octanol–water partition coefficient (Wildman–Crippen LogP) is 2.10. The summed E-state index contributed by atoms with van der Waals surface area (Å²) in [4.78, 5) is 19.0. The van der Waals surface area contributed by atoms with E-state index in [-0.39, 0.29) is 5.56 Å². The number of carboxylic acids is 1. The monoisotopic (exact) mass is 243 g/mol. The molecule has 2 rings (SSSR count). The Balaban J connectivity index is 2.00. The summed E-state index contributed by atoms with van der Waals surface area (Å²) in [5.74, 6) is -0.191. The number of anilines is 1. The molecular weight excluding hydrogens is 230 g/mol. The number of benzene rings is 1. The Morgan fingerprint density at radius 1 is 1.28 bits per heavy atom. The smallest absolute Gasteiger partial charge is 0.335 e. The van der Waals surface area contributed by atoms with Crippen LogP contribution in [0, 0.1) is 6.92 Å². The van der Waals surface area contributed by atoms with Crippen LogP contribution >= 0.6 is 0 Å². The number of aromatic carboxylic acids is 1. The summed E-state index contributed by atoms with van der Waals surface area (Å²) < 4.78 is 0. The lowest BCUT2D eigenvalue weighted by Gasteiger charge is -2.06. The number of nitrogens with one attached hydrogen (secondary N) is 1. The zero-order valence-corrected chi connectivity index (χ0v) is 9.92. The molecule has 5 nitrogen and oxygen atoms in total. The summed E-state index contributed by atoms with van der Waals surface area (Å²) in [5.41, 5.74) is 2.03. The van der Waals surface area contributed by atoms with Crippen LogP contribution in [0.4, 0.5) is 5.69 Å². The van der Waals surface area contributed by atoms with Crippen molar-refractivity contribution in [3.05, 3.63) is 53.6 Å². The summed E-state index contributed by atoms with van der Waals surface area (Å²) >= 11 is 0. The van der Waals surface area contributed by atoms with Crippen LogP contribution in [-0.2, 0) is 6.54 Å². The first kappa shape index (κ1) is 12.0. The molecule has 2 N–H and O–H groups in total. The highest BCUT2D eigenvalue weighted by Gasteiger charge is 2.01. The van der Waals surface area contributed by atoms with Crippen LogP contribution in [0.1, 0.15) is 21.9 Å². The number of carbonyl (C=O) groups is 1. The topological polar surface area (TPSA) is 75.1 Å². The lowest BCUT2D eigenvalue weighted by molar-refractivity contribution is 0.0697. The fourth-order valence-corrected chi connectivity index (χ4v) is 1.53. The Labute approximate surface area is 105 Å². The fraction of sp³-hybridized carbons (Fsp3) is 0.154. The zero-order valence-electron chi connectivity index (χ0n) is 9.92. The number of aromatic nitrogens is 2. The second kappa shape index (κ2) is 5.27. The average molecular weight is 243 g/mol. The van der Waals surface area contributed by atoms with E-state index in [2.05, 4.69) is 15.3 Å². The summed E-state index contributed by atoms with van der Waals surface area (Å²) in [6.45, 7) is 2.42. The second-order valence-corrected chi connectivity index (χ2v) is 3.83. The first-order chi connectivity index (χ1) is 8.65. The van der Waals surface area contributed by atoms with E-state index < -0.39 is 5.97 Å². The van der Waals surface area contributed by atoms with E-state index in [1.807, 2.05) is 13.0 Å². The molecule has 1 aromatic carbocycles. The summed E-state index contributed by atoms with van der Waals surface area (Å²) in [6, 6.07) is 8.44. The molecule has 0 bridgehead atoms. The molecule has 0 unspecified atom stereocenters. The maximum Gasteiger partial charge on any atom is 0.335 e. The molecule has 0 aliphatic heterocycles. The molecule has 0 aliphatic rings. The van der Waals surface area contributed by atoms with Crippen molar-refractivity contribution in [2.75, 3.05) is 5.32 Å². The normalized spacial score (nSPS) is 10.1. The standard InChI is InChI=1S/C13H13N3O2/c1-9-14-7-6-12(16-9)8-15-11-4-2-10(3-5-11)13(17)18/h2-7,15H,8H2,1H3,(H,17,18). The quantitative estimate of drug-likeness (QED) is 0.860. The minimum atomic E-state index is -0.923. The van der Waals surface area contributed by atoms with Gasteiger partial charge in [-0.2, -0.15) is 0 Å². The zero-order chi connectivity index (χ0) is 13.0. The first-order valence-corrected chi connectivity index (χ1v) is 5.51. The second-order valence-electron chi connectivity index (χ2n) is 3.83. The van der Waals surface area contributed by atoms with E-state index in [0.717, 1.165) is 17.2 Å². The highest BCUT2D eigenvalue weighted by Crippen LogP contribution is 2.10. The van der Waals surface area contributed by atoms with E-state index >= 15 is 0 Å². The van der Waals surface area contributed by atoms with E-state index in [9.17, 15) is 4.79 Å². The van der Waals surface area contributed by atoms with E-state index in [1.54, 1.807) is 30.5 Å². The molecule has 1 heterocycles. The number of nitrogens with zero attached hydrogens (tertiary/aromatic N) is 2. The molecule has 1 aromatic heterocycles. The van der Waals surface area contributed by atoms with Gasteiger partial charge in [-0.15, -0.1) is 0 Å². The third kappa shape index (κ3) is 3.04. The van der Waals surface area contributed by atoms with Crippen LogP contribution in [0.15, 0.2) is 36.5 Å². The van der Waals surface area contributed by atoms with Gasteiger partial charge >= 0.3 is 5.97 Å². The Kier molecular flexibility index (Phi) is 3.52. The molecule has 92 valence electrons. The van der Waals surface area contributed by atoms with Crippen LogP contribution in [0.25, 0.3) is 0 Å². The summed E-state index contributed by atoms with van der Waals surface area (Å²) in [7, 11) is 0. The highest BCUT2D eigenvalue weighted by atomic mass is 16.4. The molecule has 2 aromatic rings. The van der Waals surface area contributed by atoms with Crippen LogP contribution in [-0.4, -0.2) is 21.0 Å². The minimum Gasteiger partial charge on any atom is -0.478 e. The maximum atomic E-state index is 10.7. The van der Waals surface area contributed by atoms with E-state index in [1.165, 1.54) is 0 Å². The van der Waals surface area contributed by atoms with Crippen LogP contribution in [0.3, 0.4) is 0 Å². The van der Waals surface area contributed by atoms with Gasteiger partial charge in [-0.25, -0.2) is 14.8 Å². The lowest BCUT2D eigenvalue weighted by atomic mass is 10.2. The van der Waals surface area contributed by atoms with Crippen LogP contribution in [0.5, 0.6) is 0 Å². The van der Waals surface area contributed by atoms with Gasteiger partial charge in [0.05, 0.1) is 17.8 Å². The third-order valence-electron chi connectivity index (χ3n) is 2.44. The molecule has 0 radical (unpaired) electrons. The van der Waals surface area contributed by atoms with Crippen molar-refractivity contribution in [1.82, 2.24) is 9.97 Å². The summed E-state index contributed by atoms with van der Waals surface area (Å²) in [5, 5.41) is 11.9. The molecule has 18 heavy (non-hydrogen) atoms. The molecule has 0 spiro atoms. The number of aryl methyl sites for hydroxylation is 1. The van der Waals surface area contributed by atoms with E-state index in [4.69, 9.17) is 5.11 Å². The van der Waals surface area contributed by atoms with Crippen molar-refractivity contribution in [2.24, 2.45) is 0 Å².